The van der Waals surface area contributed by atoms with Gasteiger partial charge in [-0.15, -0.1) is 0 Å². The molecule has 0 radical (unpaired) electrons. The highest BCUT2D eigenvalue weighted by molar-refractivity contribution is 5.97. The van der Waals surface area contributed by atoms with Crippen molar-refractivity contribution in [1.29, 1.82) is 0 Å². The minimum atomic E-state index is -0.147. The Labute approximate surface area is 157 Å². The lowest BCUT2D eigenvalue weighted by Crippen LogP contribution is -2.38. The van der Waals surface area contributed by atoms with Crippen LogP contribution >= 0.6 is 0 Å². The summed E-state index contributed by atoms with van der Waals surface area (Å²) < 4.78 is 5.57. The minimum Gasteiger partial charge on any atom is -0.508 e. The summed E-state index contributed by atoms with van der Waals surface area (Å²) in [5, 5.41) is 12.9. The molecule has 2 N–H and O–H groups in total. The third kappa shape index (κ3) is 3.47. The highest BCUT2D eigenvalue weighted by Crippen LogP contribution is 2.36. The molecule has 1 aliphatic heterocycles. The van der Waals surface area contributed by atoms with Gasteiger partial charge in [-0.3, -0.25) is 9.59 Å². The Balaban J connectivity index is 1.34. The molecule has 6 heteroatoms. The topological polar surface area (TPSA) is 78.9 Å². The van der Waals surface area contributed by atoms with Crippen molar-refractivity contribution in [1.82, 2.24) is 5.32 Å². The standard InChI is InChI=1S/C21H22N2O4/c24-18-6-3-4-14-15(18)8-9-16(14)22-20(25)10-11-21(26)23-12-13-27-19-7-2-1-5-17(19)23/h1-7,16,24H,8-13H2,(H,22,25)/t16-/m0/s1. The van der Waals surface area contributed by atoms with E-state index in [1.54, 1.807) is 17.0 Å². The molecule has 2 aromatic rings. The second kappa shape index (κ2) is 7.31. The van der Waals surface area contributed by atoms with Crippen LogP contribution in [0.3, 0.4) is 0 Å². The van der Waals surface area contributed by atoms with Crippen molar-refractivity contribution in [2.45, 2.75) is 31.7 Å². The number of amides is 2. The predicted molar refractivity (Wildman–Crippen MR) is 101 cm³/mol. The van der Waals surface area contributed by atoms with E-state index in [2.05, 4.69) is 5.32 Å². The summed E-state index contributed by atoms with van der Waals surface area (Å²) in [6.07, 6.45) is 1.81. The number of aromatic hydroxyl groups is 1. The third-order valence-corrected chi connectivity index (χ3v) is 5.18. The number of phenols is 1. The number of phenolic OH excluding ortho intramolecular Hbond substituents is 1. The van der Waals surface area contributed by atoms with Crippen LogP contribution in [0.4, 0.5) is 5.69 Å². The van der Waals surface area contributed by atoms with Gasteiger partial charge in [0.15, 0.2) is 0 Å². The van der Waals surface area contributed by atoms with Crippen molar-refractivity contribution in [3.8, 4) is 11.5 Å². The first kappa shape index (κ1) is 17.4. The van der Waals surface area contributed by atoms with Gasteiger partial charge in [0.1, 0.15) is 18.1 Å². The zero-order valence-electron chi connectivity index (χ0n) is 15.0. The Bertz CT molecular complexity index is 880. The van der Waals surface area contributed by atoms with E-state index in [9.17, 15) is 14.7 Å². The third-order valence-electron chi connectivity index (χ3n) is 5.18. The number of para-hydroxylation sites is 2. The van der Waals surface area contributed by atoms with Crippen molar-refractivity contribution in [2.24, 2.45) is 0 Å². The Morgan fingerprint density at radius 1 is 1.15 bits per heavy atom. The van der Waals surface area contributed by atoms with Gasteiger partial charge >= 0.3 is 0 Å². The molecule has 4 rings (SSSR count). The van der Waals surface area contributed by atoms with Crippen LogP contribution in [0.25, 0.3) is 0 Å². The number of nitrogens with zero attached hydrogens (tertiary/aromatic N) is 1. The molecule has 6 nitrogen and oxygen atoms in total. The second-order valence-corrected chi connectivity index (χ2v) is 6.87. The van der Waals surface area contributed by atoms with Crippen LogP contribution in [0.1, 0.15) is 36.4 Å². The van der Waals surface area contributed by atoms with Crippen LogP contribution in [0.15, 0.2) is 42.5 Å². The molecule has 0 bridgehead atoms. The molecule has 2 amide bonds. The van der Waals surface area contributed by atoms with Crippen LogP contribution in [-0.4, -0.2) is 30.1 Å². The van der Waals surface area contributed by atoms with Crippen LogP contribution in [-0.2, 0) is 16.0 Å². The summed E-state index contributed by atoms with van der Waals surface area (Å²) in [6, 6.07) is 12.7. The van der Waals surface area contributed by atoms with Gasteiger partial charge in [-0.05, 0) is 42.2 Å². The SMILES string of the molecule is O=C(CCC(=O)N1CCOc2ccccc21)N[C@H]1CCc2c(O)cccc21. The molecule has 0 saturated heterocycles. The maximum atomic E-state index is 12.6. The van der Waals surface area contributed by atoms with Crippen LogP contribution < -0.4 is 15.0 Å². The Morgan fingerprint density at radius 2 is 2.00 bits per heavy atom. The molecule has 0 unspecified atom stereocenters. The van der Waals surface area contributed by atoms with E-state index >= 15 is 0 Å². The molecule has 0 fully saturated rings. The second-order valence-electron chi connectivity index (χ2n) is 6.87. The van der Waals surface area contributed by atoms with Crippen LogP contribution in [0.5, 0.6) is 11.5 Å². The average molecular weight is 366 g/mol. The summed E-state index contributed by atoms with van der Waals surface area (Å²) in [4.78, 5) is 26.6. The Kier molecular flexibility index (Phi) is 4.71. The van der Waals surface area contributed by atoms with Crippen molar-refractivity contribution in [3.63, 3.8) is 0 Å². The monoisotopic (exact) mass is 366 g/mol. The smallest absolute Gasteiger partial charge is 0.227 e. The maximum absolute atomic E-state index is 12.6. The normalized spacial score (nSPS) is 17.6. The summed E-state index contributed by atoms with van der Waals surface area (Å²) in [6.45, 7) is 0.948. The lowest BCUT2D eigenvalue weighted by atomic mass is 10.1. The van der Waals surface area contributed by atoms with E-state index in [-0.39, 0.29) is 36.4 Å². The molecule has 2 aliphatic rings. The molecule has 1 heterocycles. The van der Waals surface area contributed by atoms with Crippen LogP contribution in [0.2, 0.25) is 0 Å². The molecule has 0 aromatic heterocycles. The molecule has 27 heavy (non-hydrogen) atoms. The lowest BCUT2D eigenvalue weighted by Gasteiger charge is -2.29. The average Bonchev–Trinajstić information content (AvgIpc) is 3.10. The molecular weight excluding hydrogens is 344 g/mol. The van der Waals surface area contributed by atoms with Gasteiger partial charge in [0.2, 0.25) is 11.8 Å². The van der Waals surface area contributed by atoms with Crippen molar-refractivity contribution < 1.29 is 19.4 Å². The molecule has 1 aliphatic carbocycles. The highest BCUT2D eigenvalue weighted by atomic mass is 16.5. The van der Waals surface area contributed by atoms with Gasteiger partial charge in [0.25, 0.3) is 0 Å². The number of nitrogens with one attached hydrogen (secondary N) is 1. The number of carbonyl (C=O) groups excluding carboxylic acids is 2. The zero-order valence-corrected chi connectivity index (χ0v) is 15.0. The number of rotatable bonds is 4. The van der Waals surface area contributed by atoms with Gasteiger partial charge in [-0.1, -0.05) is 24.3 Å². The van der Waals surface area contributed by atoms with E-state index < -0.39 is 0 Å². The van der Waals surface area contributed by atoms with Gasteiger partial charge in [0, 0.05) is 12.8 Å². The first-order chi connectivity index (χ1) is 13.1. The number of carbonyl (C=O) groups is 2. The Hall–Kier alpha value is -3.02. The molecule has 0 saturated carbocycles. The van der Waals surface area contributed by atoms with E-state index in [0.29, 0.717) is 18.9 Å². The fourth-order valence-electron chi connectivity index (χ4n) is 3.84. The van der Waals surface area contributed by atoms with Crippen molar-refractivity contribution in [3.05, 3.63) is 53.6 Å². The number of hydrogen-bond donors (Lipinski definition) is 2. The fraction of sp³-hybridized carbons (Fsp3) is 0.333. The summed E-state index contributed by atoms with van der Waals surface area (Å²) >= 11 is 0. The zero-order chi connectivity index (χ0) is 18.8. The number of hydrogen-bond acceptors (Lipinski definition) is 4. The highest BCUT2D eigenvalue weighted by Gasteiger charge is 2.27. The quantitative estimate of drug-likeness (QED) is 0.872. The van der Waals surface area contributed by atoms with Gasteiger partial charge in [0.05, 0.1) is 18.3 Å². The van der Waals surface area contributed by atoms with Gasteiger partial charge < -0.3 is 20.1 Å². The molecular formula is C21H22N2O4. The summed E-state index contributed by atoms with van der Waals surface area (Å²) in [5.74, 6) is 0.755. The molecule has 1 atom stereocenters. The van der Waals surface area contributed by atoms with Crippen LogP contribution in [0, 0.1) is 0 Å². The number of fused-ring (bicyclic) bond motifs is 2. The first-order valence-electron chi connectivity index (χ1n) is 9.26. The van der Waals surface area contributed by atoms with Gasteiger partial charge in [-0.2, -0.15) is 0 Å². The Morgan fingerprint density at radius 3 is 2.89 bits per heavy atom. The van der Waals surface area contributed by atoms with E-state index in [4.69, 9.17) is 4.74 Å². The summed E-state index contributed by atoms with van der Waals surface area (Å²) in [7, 11) is 0. The molecule has 140 valence electrons. The van der Waals surface area contributed by atoms with Crippen molar-refractivity contribution in [2.75, 3.05) is 18.1 Å². The first-order valence-corrected chi connectivity index (χ1v) is 9.26. The lowest BCUT2D eigenvalue weighted by molar-refractivity contribution is -0.125. The van der Waals surface area contributed by atoms with E-state index in [1.807, 2.05) is 30.3 Å². The minimum absolute atomic E-state index is 0.0784. The summed E-state index contributed by atoms with van der Waals surface area (Å²) in [5.41, 5.74) is 2.63. The van der Waals surface area contributed by atoms with E-state index in [1.165, 1.54) is 0 Å². The van der Waals surface area contributed by atoms with Gasteiger partial charge in [-0.25, -0.2) is 0 Å². The number of anilines is 1. The molecule has 2 aromatic carbocycles. The number of ether oxygens (including phenoxy) is 1. The molecule has 0 spiro atoms. The maximum Gasteiger partial charge on any atom is 0.227 e. The fourth-order valence-corrected chi connectivity index (χ4v) is 3.84. The van der Waals surface area contributed by atoms with E-state index in [0.717, 1.165) is 29.7 Å². The number of benzene rings is 2. The predicted octanol–water partition coefficient (Wildman–Crippen LogP) is 2.70. The largest absolute Gasteiger partial charge is 0.508 e. The van der Waals surface area contributed by atoms with Crippen molar-refractivity contribution >= 4 is 17.5 Å².